The van der Waals surface area contributed by atoms with Crippen molar-refractivity contribution in [1.82, 2.24) is 9.62 Å². The fourth-order valence-electron chi connectivity index (χ4n) is 2.37. The van der Waals surface area contributed by atoms with Crippen LogP contribution in [0.2, 0.25) is 0 Å². The normalized spacial score (nSPS) is 22.2. The molecule has 1 rings (SSSR count). The first-order chi connectivity index (χ1) is 8.61. The molecule has 0 spiro atoms. The maximum absolute atomic E-state index is 12.3. The van der Waals surface area contributed by atoms with Gasteiger partial charge in [0.1, 0.15) is 0 Å². The molecular weight excluding hydrogens is 252 g/mol. The molecule has 108 valence electrons. The second kappa shape index (κ2) is 8.09. The Balaban J connectivity index is 2.57. The minimum absolute atomic E-state index is 0.108. The van der Waals surface area contributed by atoms with Gasteiger partial charge in [0.15, 0.2) is 0 Å². The molecule has 0 bridgehead atoms. The summed E-state index contributed by atoms with van der Waals surface area (Å²) in [6.45, 7) is 4.28. The van der Waals surface area contributed by atoms with Gasteiger partial charge < -0.3 is 10.1 Å². The maximum Gasteiger partial charge on any atom is 0.216 e. The van der Waals surface area contributed by atoms with Crippen LogP contribution < -0.4 is 5.32 Å². The highest BCUT2D eigenvalue weighted by Crippen LogP contribution is 2.22. The number of ether oxygens (including phenoxy) is 1. The first-order valence-electron chi connectivity index (χ1n) is 6.83. The minimum atomic E-state index is -3.15. The molecule has 6 heteroatoms. The molecule has 1 N–H and O–H groups in total. The molecular formula is C12H26N2O3S. The lowest BCUT2D eigenvalue weighted by Crippen LogP contribution is -2.46. The monoisotopic (exact) mass is 278 g/mol. The van der Waals surface area contributed by atoms with Gasteiger partial charge in [0, 0.05) is 19.2 Å². The van der Waals surface area contributed by atoms with Crippen LogP contribution in [0.4, 0.5) is 0 Å². The smallest absolute Gasteiger partial charge is 0.216 e. The Bertz CT molecular complexity index is 319. The van der Waals surface area contributed by atoms with Crippen molar-refractivity contribution in [3.05, 3.63) is 0 Å². The van der Waals surface area contributed by atoms with Gasteiger partial charge in [-0.15, -0.1) is 0 Å². The van der Waals surface area contributed by atoms with E-state index in [1.165, 1.54) is 0 Å². The van der Waals surface area contributed by atoms with E-state index in [1.54, 1.807) is 4.31 Å². The van der Waals surface area contributed by atoms with Crippen LogP contribution in [0, 0.1) is 0 Å². The Morgan fingerprint density at radius 2 is 2.17 bits per heavy atom. The van der Waals surface area contributed by atoms with Gasteiger partial charge in [0.25, 0.3) is 0 Å². The standard InChI is InChI=1S/C12H26N2O3S/c1-3-17-10-11-18(15,16)14-9-5-4-6-12(14)7-8-13-2/h12-13H,3-11H2,1-2H3. The van der Waals surface area contributed by atoms with Gasteiger partial charge in [0.2, 0.25) is 10.0 Å². The fraction of sp³-hybridized carbons (Fsp3) is 1.00. The molecule has 1 aliphatic heterocycles. The molecule has 1 unspecified atom stereocenters. The number of sulfonamides is 1. The zero-order valence-corrected chi connectivity index (χ0v) is 12.3. The molecule has 0 aromatic carbocycles. The van der Waals surface area contributed by atoms with Crippen molar-refractivity contribution in [2.45, 2.75) is 38.6 Å². The third-order valence-electron chi connectivity index (χ3n) is 3.35. The lowest BCUT2D eigenvalue weighted by atomic mass is 10.0. The van der Waals surface area contributed by atoms with E-state index in [-0.39, 0.29) is 11.8 Å². The zero-order valence-electron chi connectivity index (χ0n) is 11.5. The van der Waals surface area contributed by atoms with Gasteiger partial charge in [-0.1, -0.05) is 6.42 Å². The van der Waals surface area contributed by atoms with E-state index in [1.807, 2.05) is 14.0 Å². The number of nitrogens with zero attached hydrogens (tertiary/aromatic N) is 1. The molecule has 5 nitrogen and oxygen atoms in total. The summed E-state index contributed by atoms with van der Waals surface area (Å²) in [5.74, 6) is 0.108. The van der Waals surface area contributed by atoms with Crippen molar-refractivity contribution in [2.24, 2.45) is 0 Å². The van der Waals surface area contributed by atoms with Crippen LogP contribution in [0.15, 0.2) is 0 Å². The van der Waals surface area contributed by atoms with Crippen molar-refractivity contribution in [1.29, 1.82) is 0 Å². The number of nitrogens with one attached hydrogen (secondary N) is 1. The van der Waals surface area contributed by atoms with Gasteiger partial charge in [0.05, 0.1) is 12.4 Å². The van der Waals surface area contributed by atoms with Gasteiger partial charge in [-0.2, -0.15) is 4.31 Å². The molecule has 1 aliphatic rings. The maximum atomic E-state index is 12.3. The highest BCUT2D eigenvalue weighted by atomic mass is 32.2. The van der Waals surface area contributed by atoms with Crippen LogP contribution in [0.1, 0.15) is 32.6 Å². The molecule has 0 aliphatic carbocycles. The average Bonchev–Trinajstić information content (AvgIpc) is 2.37. The summed E-state index contributed by atoms with van der Waals surface area (Å²) in [5, 5.41) is 3.09. The summed E-state index contributed by atoms with van der Waals surface area (Å²) >= 11 is 0. The molecule has 1 fully saturated rings. The highest BCUT2D eigenvalue weighted by molar-refractivity contribution is 7.89. The summed E-state index contributed by atoms with van der Waals surface area (Å²) < 4.78 is 31.4. The summed E-state index contributed by atoms with van der Waals surface area (Å²) in [7, 11) is -1.26. The molecule has 0 aromatic heterocycles. The Morgan fingerprint density at radius 3 is 2.83 bits per heavy atom. The first kappa shape index (κ1) is 15.9. The minimum Gasteiger partial charge on any atom is -0.381 e. The Kier molecular flexibility index (Phi) is 7.14. The molecule has 1 saturated heterocycles. The fourth-order valence-corrected chi connectivity index (χ4v) is 4.00. The van der Waals surface area contributed by atoms with Crippen LogP contribution in [-0.4, -0.2) is 57.9 Å². The van der Waals surface area contributed by atoms with Crippen LogP contribution >= 0.6 is 0 Å². The predicted octanol–water partition coefficient (Wildman–Crippen LogP) is 0.817. The second-order valence-electron chi connectivity index (χ2n) is 4.67. The van der Waals surface area contributed by atoms with Gasteiger partial charge in [-0.3, -0.25) is 0 Å². The lowest BCUT2D eigenvalue weighted by molar-refractivity contribution is 0.160. The Hall–Kier alpha value is -0.170. The molecule has 0 saturated carbocycles. The summed E-state index contributed by atoms with van der Waals surface area (Å²) in [6.07, 6.45) is 3.98. The van der Waals surface area contributed by atoms with Crippen LogP contribution in [0.25, 0.3) is 0 Å². The molecule has 0 radical (unpaired) electrons. The van der Waals surface area contributed by atoms with E-state index in [0.29, 0.717) is 19.8 Å². The first-order valence-corrected chi connectivity index (χ1v) is 8.44. The average molecular weight is 278 g/mol. The molecule has 1 atom stereocenters. The van der Waals surface area contributed by atoms with Crippen molar-refractivity contribution >= 4 is 10.0 Å². The summed E-state index contributed by atoms with van der Waals surface area (Å²) in [5.41, 5.74) is 0. The van der Waals surface area contributed by atoms with Crippen LogP contribution in [0.3, 0.4) is 0 Å². The summed E-state index contributed by atoms with van der Waals surface area (Å²) in [4.78, 5) is 0. The second-order valence-corrected chi connectivity index (χ2v) is 6.71. The molecule has 0 amide bonds. The van der Waals surface area contributed by atoms with Gasteiger partial charge >= 0.3 is 0 Å². The van der Waals surface area contributed by atoms with E-state index in [0.717, 1.165) is 32.2 Å². The van der Waals surface area contributed by atoms with E-state index in [9.17, 15) is 8.42 Å². The van der Waals surface area contributed by atoms with Crippen molar-refractivity contribution in [2.75, 3.05) is 39.1 Å². The van der Waals surface area contributed by atoms with Crippen molar-refractivity contribution < 1.29 is 13.2 Å². The zero-order chi connectivity index (χ0) is 13.4. The van der Waals surface area contributed by atoms with E-state index < -0.39 is 10.0 Å². The van der Waals surface area contributed by atoms with Crippen LogP contribution in [-0.2, 0) is 14.8 Å². The number of hydrogen-bond donors (Lipinski definition) is 1. The van der Waals surface area contributed by atoms with Crippen LogP contribution in [0.5, 0.6) is 0 Å². The SMILES string of the molecule is CCOCCS(=O)(=O)N1CCCCC1CCNC. The Labute approximate surface area is 111 Å². The third-order valence-corrected chi connectivity index (χ3v) is 5.23. The lowest BCUT2D eigenvalue weighted by Gasteiger charge is -2.34. The molecule has 0 aromatic rings. The van der Waals surface area contributed by atoms with E-state index >= 15 is 0 Å². The number of piperidine rings is 1. The van der Waals surface area contributed by atoms with E-state index in [2.05, 4.69) is 5.32 Å². The number of hydrogen-bond acceptors (Lipinski definition) is 4. The van der Waals surface area contributed by atoms with Gasteiger partial charge in [-0.25, -0.2) is 8.42 Å². The largest absolute Gasteiger partial charge is 0.381 e. The summed E-state index contributed by atoms with van der Waals surface area (Å²) in [6, 6.07) is 0.165. The van der Waals surface area contributed by atoms with Crippen molar-refractivity contribution in [3.8, 4) is 0 Å². The Morgan fingerprint density at radius 1 is 1.39 bits per heavy atom. The van der Waals surface area contributed by atoms with Crippen molar-refractivity contribution in [3.63, 3.8) is 0 Å². The quantitative estimate of drug-likeness (QED) is 0.668. The molecule has 18 heavy (non-hydrogen) atoms. The topological polar surface area (TPSA) is 58.6 Å². The van der Waals surface area contributed by atoms with Gasteiger partial charge in [-0.05, 0) is 39.8 Å². The predicted molar refractivity (Wildman–Crippen MR) is 73.2 cm³/mol. The third kappa shape index (κ3) is 4.84. The highest BCUT2D eigenvalue weighted by Gasteiger charge is 2.31. The number of rotatable bonds is 8. The molecule has 1 heterocycles. The van der Waals surface area contributed by atoms with E-state index in [4.69, 9.17) is 4.74 Å².